The third kappa shape index (κ3) is 3.51. The highest BCUT2D eigenvalue weighted by Crippen LogP contribution is 2.41. The summed E-state index contributed by atoms with van der Waals surface area (Å²) in [6.45, 7) is 0. The van der Waals surface area contributed by atoms with E-state index < -0.39 is 0 Å². The molecular weight excluding hydrogens is 430 g/mol. The van der Waals surface area contributed by atoms with Gasteiger partial charge >= 0.3 is 0 Å². The number of rotatable bonds is 4. The molecule has 0 aliphatic rings. The quantitative estimate of drug-likeness (QED) is 0.265. The van der Waals surface area contributed by atoms with E-state index in [1.807, 2.05) is 6.07 Å². The average molecular weight is 450 g/mol. The van der Waals surface area contributed by atoms with Crippen molar-refractivity contribution in [2.24, 2.45) is 0 Å². The van der Waals surface area contributed by atoms with Gasteiger partial charge < -0.3 is 4.90 Å². The molecule has 5 aromatic rings. The lowest BCUT2D eigenvalue weighted by molar-refractivity contribution is 1.29. The Morgan fingerprint density at radius 1 is 0.533 bits per heavy atom. The van der Waals surface area contributed by atoms with E-state index >= 15 is 0 Å². The third-order valence-electron chi connectivity index (χ3n) is 5.32. The zero-order valence-corrected chi connectivity index (χ0v) is 18.0. The van der Waals surface area contributed by atoms with Gasteiger partial charge in [0.15, 0.2) is 0 Å². The Morgan fingerprint density at radius 3 is 1.97 bits per heavy atom. The van der Waals surface area contributed by atoms with E-state index in [9.17, 15) is 0 Å². The summed E-state index contributed by atoms with van der Waals surface area (Å²) in [4.78, 5) is 2.32. The van der Waals surface area contributed by atoms with Crippen molar-refractivity contribution in [3.05, 3.63) is 126 Å². The molecule has 0 saturated heterocycles. The largest absolute Gasteiger partial charge is 0.310 e. The van der Waals surface area contributed by atoms with Crippen LogP contribution in [0.5, 0.6) is 0 Å². The highest BCUT2D eigenvalue weighted by molar-refractivity contribution is 9.10. The molecule has 2 heteroatoms. The molecule has 0 aliphatic heterocycles. The predicted octanol–water partition coefficient (Wildman–Crippen LogP) is 8.74. The lowest BCUT2D eigenvalue weighted by atomic mass is 10.0. The van der Waals surface area contributed by atoms with Gasteiger partial charge in [-0.25, -0.2) is 0 Å². The van der Waals surface area contributed by atoms with Crippen LogP contribution < -0.4 is 4.90 Å². The Hall–Kier alpha value is -3.36. The number of fused-ring (bicyclic) bond motifs is 1. The maximum atomic E-state index is 3.82. The highest BCUT2D eigenvalue weighted by atomic mass is 79.9. The molecule has 5 rings (SSSR count). The molecule has 0 radical (unpaired) electrons. The lowest BCUT2D eigenvalue weighted by Gasteiger charge is -2.27. The highest BCUT2D eigenvalue weighted by Gasteiger charge is 2.16. The number of hydrogen-bond donors (Lipinski definition) is 0. The van der Waals surface area contributed by atoms with Gasteiger partial charge in [-0.1, -0.05) is 107 Å². The Bertz CT molecular complexity index is 1290. The van der Waals surface area contributed by atoms with Crippen molar-refractivity contribution in [1.82, 2.24) is 0 Å². The summed E-state index contributed by atoms with van der Waals surface area (Å²) in [5.74, 6) is 0. The first-order valence-corrected chi connectivity index (χ1v) is 10.8. The van der Waals surface area contributed by atoms with Crippen molar-refractivity contribution in [2.45, 2.75) is 0 Å². The van der Waals surface area contributed by atoms with E-state index in [0.29, 0.717) is 0 Å². The van der Waals surface area contributed by atoms with Crippen LogP contribution in [0.15, 0.2) is 126 Å². The first-order chi connectivity index (χ1) is 14.8. The van der Waals surface area contributed by atoms with Crippen LogP contribution >= 0.6 is 15.9 Å². The van der Waals surface area contributed by atoms with Crippen molar-refractivity contribution >= 4 is 43.8 Å². The number of para-hydroxylation sites is 1. The van der Waals surface area contributed by atoms with Gasteiger partial charge in [-0.05, 0) is 46.8 Å². The first-order valence-electron chi connectivity index (χ1n) is 9.99. The predicted molar refractivity (Wildman–Crippen MR) is 132 cm³/mol. The molecule has 0 spiro atoms. The molecule has 0 fully saturated rings. The van der Waals surface area contributed by atoms with Crippen LogP contribution in [0, 0.1) is 0 Å². The number of halogens is 1. The van der Waals surface area contributed by atoms with Crippen LogP contribution in [-0.4, -0.2) is 0 Å². The molecular formula is C28H20BrN. The maximum absolute atomic E-state index is 3.82. The first kappa shape index (κ1) is 18.7. The summed E-state index contributed by atoms with van der Waals surface area (Å²) in [7, 11) is 0. The molecule has 0 N–H and O–H groups in total. The molecule has 0 amide bonds. The van der Waals surface area contributed by atoms with Crippen LogP contribution in [-0.2, 0) is 0 Å². The van der Waals surface area contributed by atoms with E-state index in [1.54, 1.807) is 0 Å². The fourth-order valence-corrected chi connectivity index (χ4v) is 4.50. The normalized spacial score (nSPS) is 10.8. The van der Waals surface area contributed by atoms with Gasteiger partial charge in [-0.2, -0.15) is 0 Å². The average Bonchev–Trinajstić information content (AvgIpc) is 2.81. The van der Waals surface area contributed by atoms with Crippen LogP contribution in [0.3, 0.4) is 0 Å². The maximum Gasteiger partial charge on any atom is 0.0540 e. The van der Waals surface area contributed by atoms with Crippen molar-refractivity contribution in [1.29, 1.82) is 0 Å². The van der Waals surface area contributed by atoms with Crippen molar-refractivity contribution in [3.63, 3.8) is 0 Å². The molecule has 5 aromatic carbocycles. The Kier molecular flexibility index (Phi) is 5.08. The third-order valence-corrected chi connectivity index (χ3v) is 5.97. The van der Waals surface area contributed by atoms with Crippen molar-refractivity contribution in [3.8, 4) is 11.1 Å². The SMILES string of the molecule is Brc1cc(N(c2ccccc2)c2cccc3ccccc23)ccc1-c1ccccc1. The van der Waals surface area contributed by atoms with E-state index in [2.05, 4.69) is 136 Å². The Balaban J connectivity index is 1.70. The van der Waals surface area contributed by atoms with Crippen LogP contribution in [0.1, 0.15) is 0 Å². The number of nitrogens with zero attached hydrogens (tertiary/aromatic N) is 1. The fourth-order valence-electron chi connectivity index (χ4n) is 3.90. The lowest BCUT2D eigenvalue weighted by Crippen LogP contribution is -2.10. The second-order valence-corrected chi connectivity index (χ2v) is 8.05. The van der Waals surface area contributed by atoms with E-state index in [1.165, 1.54) is 27.6 Å². The number of benzene rings is 5. The summed E-state index contributed by atoms with van der Waals surface area (Å²) in [5.41, 5.74) is 5.80. The minimum atomic E-state index is 1.08. The second kappa shape index (κ2) is 8.17. The van der Waals surface area contributed by atoms with Gasteiger partial charge in [0.2, 0.25) is 0 Å². The van der Waals surface area contributed by atoms with Crippen LogP contribution in [0.25, 0.3) is 21.9 Å². The van der Waals surface area contributed by atoms with Gasteiger partial charge in [0.05, 0.1) is 5.69 Å². The molecule has 0 heterocycles. The molecule has 0 unspecified atom stereocenters. The van der Waals surface area contributed by atoms with Gasteiger partial charge in [0.25, 0.3) is 0 Å². The molecule has 0 bridgehead atoms. The minimum absolute atomic E-state index is 1.08. The van der Waals surface area contributed by atoms with E-state index in [-0.39, 0.29) is 0 Å². The second-order valence-electron chi connectivity index (χ2n) is 7.20. The number of anilines is 3. The van der Waals surface area contributed by atoms with Crippen molar-refractivity contribution < 1.29 is 0 Å². The summed E-state index contributed by atoms with van der Waals surface area (Å²) in [5, 5.41) is 2.46. The smallest absolute Gasteiger partial charge is 0.0540 e. The van der Waals surface area contributed by atoms with Gasteiger partial charge in [-0.15, -0.1) is 0 Å². The summed E-state index contributed by atoms with van der Waals surface area (Å²) < 4.78 is 1.08. The Labute approximate surface area is 185 Å². The molecule has 144 valence electrons. The van der Waals surface area contributed by atoms with Crippen LogP contribution in [0.4, 0.5) is 17.1 Å². The summed E-state index contributed by atoms with van der Waals surface area (Å²) in [6, 6.07) is 42.6. The fraction of sp³-hybridized carbons (Fsp3) is 0. The molecule has 0 saturated carbocycles. The van der Waals surface area contributed by atoms with Crippen LogP contribution in [0.2, 0.25) is 0 Å². The van der Waals surface area contributed by atoms with E-state index in [0.717, 1.165) is 15.8 Å². The monoisotopic (exact) mass is 449 g/mol. The summed E-state index contributed by atoms with van der Waals surface area (Å²) >= 11 is 3.82. The zero-order valence-electron chi connectivity index (χ0n) is 16.4. The minimum Gasteiger partial charge on any atom is -0.310 e. The molecule has 0 aliphatic carbocycles. The number of hydrogen-bond acceptors (Lipinski definition) is 1. The van der Waals surface area contributed by atoms with Crippen molar-refractivity contribution in [2.75, 3.05) is 4.90 Å². The van der Waals surface area contributed by atoms with E-state index in [4.69, 9.17) is 0 Å². The molecule has 0 atom stereocenters. The zero-order chi connectivity index (χ0) is 20.3. The van der Waals surface area contributed by atoms with Gasteiger partial charge in [0, 0.05) is 21.2 Å². The topological polar surface area (TPSA) is 3.24 Å². The van der Waals surface area contributed by atoms with Gasteiger partial charge in [-0.3, -0.25) is 0 Å². The molecule has 1 nitrogen and oxygen atoms in total. The molecule has 0 aromatic heterocycles. The standard InChI is InChI=1S/C28H20BrN/c29-27-20-24(18-19-25(27)21-10-3-1-4-11-21)30(23-14-5-2-6-15-23)28-17-9-13-22-12-7-8-16-26(22)28/h1-20H. The summed E-state index contributed by atoms with van der Waals surface area (Å²) in [6.07, 6.45) is 0. The molecule has 30 heavy (non-hydrogen) atoms. The Morgan fingerprint density at radius 2 is 1.20 bits per heavy atom. The van der Waals surface area contributed by atoms with Gasteiger partial charge in [0.1, 0.15) is 0 Å².